The summed E-state index contributed by atoms with van der Waals surface area (Å²) in [6.45, 7) is 1.41. The zero-order valence-corrected chi connectivity index (χ0v) is 10.6. The largest absolute Gasteiger partial charge is 0.383 e. The average Bonchev–Trinajstić information content (AvgIpc) is 2.37. The highest BCUT2D eigenvalue weighted by Crippen LogP contribution is 2.27. The van der Waals surface area contributed by atoms with Gasteiger partial charge in [-0.3, -0.25) is 0 Å². The van der Waals surface area contributed by atoms with Crippen molar-refractivity contribution in [1.29, 1.82) is 0 Å². The van der Waals surface area contributed by atoms with Crippen molar-refractivity contribution >= 4 is 28.2 Å². The van der Waals surface area contributed by atoms with Gasteiger partial charge in [-0.25, -0.2) is 0 Å². The van der Waals surface area contributed by atoms with Gasteiger partial charge in [0.2, 0.25) is 0 Å². The first-order valence-corrected chi connectivity index (χ1v) is 5.73. The molecule has 17 heavy (non-hydrogen) atoms. The lowest BCUT2D eigenvalue weighted by Crippen LogP contribution is -2.23. The Morgan fingerprint density at radius 1 is 1.24 bits per heavy atom. The Morgan fingerprint density at radius 2 is 1.94 bits per heavy atom. The van der Waals surface area contributed by atoms with Crippen molar-refractivity contribution in [3.63, 3.8) is 0 Å². The average molecular weight is 252 g/mol. The van der Waals surface area contributed by atoms with Crippen LogP contribution in [0.2, 0.25) is 5.15 Å². The summed E-state index contributed by atoms with van der Waals surface area (Å²) in [6.07, 6.45) is 0. The molecule has 0 radical (unpaired) electrons. The van der Waals surface area contributed by atoms with Gasteiger partial charge in [-0.1, -0.05) is 35.9 Å². The number of aromatic nitrogens is 2. The topological polar surface area (TPSA) is 38.2 Å². The molecule has 0 N–H and O–H groups in total. The molecule has 0 unspecified atom stereocenters. The van der Waals surface area contributed by atoms with E-state index < -0.39 is 0 Å². The minimum absolute atomic E-state index is 0.435. The van der Waals surface area contributed by atoms with Gasteiger partial charge in [-0.15, -0.1) is 10.2 Å². The lowest BCUT2D eigenvalue weighted by Gasteiger charge is -2.18. The maximum atomic E-state index is 6.02. The van der Waals surface area contributed by atoms with Crippen LogP contribution in [0.5, 0.6) is 0 Å². The Bertz CT molecular complexity index is 518. The monoisotopic (exact) mass is 251 g/mol. The highest BCUT2D eigenvalue weighted by molar-refractivity contribution is 6.34. The molecule has 5 heteroatoms. The zero-order chi connectivity index (χ0) is 12.3. The number of halogens is 1. The molecule has 2 rings (SSSR count). The van der Waals surface area contributed by atoms with Crippen molar-refractivity contribution in [2.45, 2.75) is 0 Å². The Hall–Kier alpha value is -1.39. The van der Waals surface area contributed by atoms with Gasteiger partial charge in [0.1, 0.15) is 0 Å². The van der Waals surface area contributed by atoms with E-state index in [2.05, 4.69) is 10.2 Å². The zero-order valence-electron chi connectivity index (χ0n) is 9.85. The van der Waals surface area contributed by atoms with E-state index >= 15 is 0 Å². The highest BCUT2D eigenvalue weighted by Gasteiger charge is 2.10. The molecule has 0 aliphatic carbocycles. The third-order valence-corrected chi connectivity index (χ3v) is 2.89. The van der Waals surface area contributed by atoms with E-state index in [1.54, 1.807) is 7.11 Å². The van der Waals surface area contributed by atoms with Crippen molar-refractivity contribution in [2.75, 3.05) is 32.2 Å². The summed E-state index contributed by atoms with van der Waals surface area (Å²) in [4.78, 5) is 2.01. The van der Waals surface area contributed by atoms with E-state index in [0.29, 0.717) is 11.8 Å². The molecule has 0 fully saturated rings. The van der Waals surface area contributed by atoms with Crippen LogP contribution in [0.15, 0.2) is 24.3 Å². The van der Waals surface area contributed by atoms with E-state index in [-0.39, 0.29) is 0 Å². The van der Waals surface area contributed by atoms with Gasteiger partial charge in [0, 0.05) is 31.5 Å². The van der Waals surface area contributed by atoms with E-state index in [1.807, 2.05) is 36.2 Å². The van der Waals surface area contributed by atoms with Crippen molar-refractivity contribution in [3.8, 4) is 0 Å². The fourth-order valence-electron chi connectivity index (χ4n) is 1.67. The number of anilines is 1. The predicted molar refractivity (Wildman–Crippen MR) is 69.7 cm³/mol. The smallest absolute Gasteiger partial charge is 0.159 e. The molecule has 0 amide bonds. The first kappa shape index (κ1) is 12.1. The summed E-state index contributed by atoms with van der Waals surface area (Å²) in [5.74, 6) is 0.821. The molecule has 0 aliphatic heterocycles. The van der Waals surface area contributed by atoms with Crippen LogP contribution in [0.25, 0.3) is 10.8 Å². The minimum Gasteiger partial charge on any atom is -0.383 e. The van der Waals surface area contributed by atoms with Gasteiger partial charge in [0.05, 0.1) is 6.61 Å². The van der Waals surface area contributed by atoms with Crippen LogP contribution >= 0.6 is 11.6 Å². The van der Waals surface area contributed by atoms with Crippen LogP contribution in [0.4, 0.5) is 5.82 Å². The van der Waals surface area contributed by atoms with Gasteiger partial charge in [0.15, 0.2) is 11.0 Å². The van der Waals surface area contributed by atoms with Crippen LogP contribution < -0.4 is 4.90 Å². The van der Waals surface area contributed by atoms with Crippen molar-refractivity contribution < 1.29 is 4.74 Å². The number of methoxy groups -OCH3 is 1. The predicted octanol–water partition coefficient (Wildman–Crippen LogP) is 2.37. The standard InChI is InChI=1S/C12H14ClN3O/c1-16(7-8-17-2)12-10-6-4-3-5-9(10)11(13)14-15-12/h3-6H,7-8H2,1-2H3. The lowest BCUT2D eigenvalue weighted by molar-refractivity contribution is 0.206. The maximum Gasteiger partial charge on any atom is 0.159 e. The number of ether oxygens (including phenoxy) is 1. The summed E-state index contributed by atoms with van der Waals surface area (Å²) in [6, 6.07) is 7.84. The van der Waals surface area contributed by atoms with E-state index in [0.717, 1.165) is 23.1 Å². The quantitative estimate of drug-likeness (QED) is 0.836. The summed E-state index contributed by atoms with van der Waals surface area (Å²) >= 11 is 6.02. The molecule has 1 aromatic heterocycles. The Morgan fingerprint density at radius 3 is 2.65 bits per heavy atom. The van der Waals surface area contributed by atoms with E-state index in [1.165, 1.54) is 0 Å². The van der Waals surface area contributed by atoms with Gasteiger partial charge in [0.25, 0.3) is 0 Å². The summed E-state index contributed by atoms with van der Waals surface area (Å²) in [7, 11) is 3.64. The molecule has 0 atom stereocenters. The first-order valence-electron chi connectivity index (χ1n) is 5.35. The maximum absolute atomic E-state index is 6.02. The molecule has 0 saturated carbocycles. The van der Waals surface area contributed by atoms with Gasteiger partial charge in [-0.2, -0.15) is 0 Å². The number of hydrogen-bond donors (Lipinski definition) is 0. The van der Waals surface area contributed by atoms with Crippen molar-refractivity contribution in [2.24, 2.45) is 0 Å². The Balaban J connectivity index is 2.44. The van der Waals surface area contributed by atoms with Crippen LogP contribution in [-0.2, 0) is 4.74 Å². The van der Waals surface area contributed by atoms with Crippen LogP contribution in [0.1, 0.15) is 0 Å². The second kappa shape index (κ2) is 5.29. The van der Waals surface area contributed by atoms with Crippen LogP contribution in [0.3, 0.4) is 0 Å². The number of benzene rings is 1. The fraction of sp³-hybridized carbons (Fsp3) is 0.333. The SMILES string of the molecule is COCCN(C)c1nnc(Cl)c2ccccc12. The minimum atomic E-state index is 0.435. The molecule has 1 aromatic carbocycles. The number of hydrogen-bond acceptors (Lipinski definition) is 4. The summed E-state index contributed by atoms with van der Waals surface area (Å²) in [5.41, 5.74) is 0. The molecule has 90 valence electrons. The normalized spacial score (nSPS) is 10.8. The molecular weight excluding hydrogens is 238 g/mol. The third-order valence-electron chi connectivity index (χ3n) is 2.62. The Labute approximate surface area is 105 Å². The lowest BCUT2D eigenvalue weighted by atomic mass is 10.2. The molecule has 0 spiro atoms. The van der Waals surface area contributed by atoms with E-state index in [4.69, 9.17) is 16.3 Å². The number of fused-ring (bicyclic) bond motifs is 1. The first-order chi connectivity index (χ1) is 8.24. The molecule has 2 aromatic rings. The van der Waals surface area contributed by atoms with Crippen LogP contribution in [-0.4, -0.2) is 37.5 Å². The van der Waals surface area contributed by atoms with E-state index in [9.17, 15) is 0 Å². The highest BCUT2D eigenvalue weighted by atomic mass is 35.5. The fourth-order valence-corrected chi connectivity index (χ4v) is 1.88. The second-order valence-electron chi connectivity index (χ2n) is 3.77. The molecular formula is C12H14ClN3O. The number of nitrogens with zero attached hydrogens (tertiary/aromatic N) is 3. The molecule has 0 bridgehead atoms. The van der Waals surface area contributed by atoms with Crippen molar-refractivity contribution in [1.82, 2.24) is 10.2 Å². The van der Waals surface area contributed by atoms with Gasteiger partial charge < -0.3 is 9.64 Å². The Kier molecular flexibility index (Phi) is 3.76. The third kappa shape index (κ3) is 2.48. The van der Waals surface area contributed by atoms with Crippen molar-refractivity contribution in [3.05, 3.63) is 29.4 Å². The van der Waals surface area contributed by atoms with Gasteiger partial charge >= 0.3 is 0 Å². The summed E-state index contributed by atoms with van der Waals surface area (Å²) in [5, 5.41) is 10.5. The molecule has 0 aliphatic rings. The molecule has 0 saturated heterocycles. The number of likely N-dealkylation sites (N-methyl/N-ethyl adjacent to an activating group) is 1. The molecule has 4 nitrogen and oxygen atoms in total. The second-order valence-corrected chi connectivity index (χ2v) is 4.13. The van der Waals surface area contributed by atoms with Crippen LogP contribution in [0, 0.1) is 0 Å². The van der Waals surface area contributed by atoms with Gasteiger partial charge in [-0.05, 0) is 0 Å². The summed E-state index contributed by atoms with van der Waals surface area (Å²) < 4.78 is 5.05. The molecule has 1 heterocycles. The number of rotatable bonds is 4.